The molecule has 3 N–H and O–H groups in total. The fraction of sp³-hybridized carbons (Fsp3) is 0.516. The van der Waals surface area contributed by atoms with Crippen LogP contribution in [0.4, 0.5) is 21.0 Å². The van der Waals surface area contributed by atoms with Crippen LogP contribution in [0.3, 0.4) is 0 Å². The first-order valence-corrected chi connectivity index (χ1v) is 17.0. The number of para-hydroxylation sites is 1. The number of unbranched alkanes of at least 4 members (excludes halogenated alkanes) is 1. The Morgan fingerprint density at radius 1 is 1.05 bits per heavy atom. The highest BCUT2D eigenvalue weighted by Gasteiger charge is 2.38. The summed E-state index contributed by atoms with van der Waals surface area (Å²) in [5, 5.41) is 2.70. The predicted molar refractivity (Wildman–Crippen MR) is 166 cm³/mol. The highest BCUT2D eigenvalue weighted by atomic mass is 28.4. The Hall–Kier alpha value is -3.66. The molecule has 0 radical (unpaired) electrons. The smallest absolute Gasteiger partial charge is 0.412 e. The van der Waals surface area contributed by atoms with Crippen molar-refractivity contribution in [3.05, 3.63) is 53.6 Å². The summed E-state index contributed by atoms with van der Waals surface area (Å²) in [6, 6.07) is 12.4. The number of primary amides is 1. The molecule has 0 aliphatic heterocycles. The first-order valence-electron chi connectivity index (χ1n) is 14.0. The SMILES string of the molecule is CC(C)(C)OC(=O)Nc1ccc(N=C=O)c(CCCCOc2ccccc2C(CO[Si](C)(C)C(C)(C)C)OC(N)=O)c1. The van der Waals surface area contributed by atoms with Gasteiger partial charge in [0.2, 0.25) is 6.08 Å². The second-order valence-electron chi connectivity index (χ2n) is 12.5. The molecule has 2 amide bonds. The van der Waals surface area contributed by atoms with Gasteiger partial charge in [0.05, 0.1) is 18.9 Å². The number of benzene rings is 2. The molecular formula is C31H45N3O7Si. The number of anilines is 1. The average Bonchev–Trinajstić information content (AvgIpc) is 2.86. The number of isocyanates is 1. The molecule has 0 fully saturated rings. The van der Waals surface area contributed by atoms with Gasteiger partial charge in [-0.05, 0) is 88.0 Å². The molecule has 2 aromatic carbocycles. The lowest BCUT2D eigenvalue weighted by atomic mass is 10.1. The van der Waals surface area contributed by atoms with E-state index in [-0.39, 0.29) is 11.6 Å². The third-order valence-electron chi connectivity index (χ3n) is 6.91. The summed E-state index contributed by atoms with van der Waals surface area (Å²) in [7, 11) is -2.11. The van der Waals surface area contributed by atoms with Crippen LogP contribution in [0.2, 0.25) is 18.1 Å². The van der Waals surface area contributed by atoms with E-state index in [1.807, 2.05) is 24.3 Å². The molecule has 42 heavy (non-hydrogen) atoms. The van der Waals surface area contributed by atoms with Crippen molar-refractivity contribution in [2.24, 2.45) is 10.7 Å². The average molecular weight is 600 g/mol. The van der Waals surface area contributed by atoms with Gasteiger partial charge in [0, 0.05) is 11.3 Å². The maximum Gasteiger partial charge on any atom is 0.412 e. The zero-order chi connectivity index (χ0) is 31.6. The van der Waals surface area contributed by atoms with Crippen LogP contribution in [0.1, 0.15) is 71.6 Å². The highest BCUT2D eigenvalue weighted by Crippen LogP contribution is 2.38. The Bertz CT molecular complexity index is 1260. The fourth-order valence-electron chi connectivity index (χ4n) is 3.75. The van der Waals surface area contributed by atoms with Gasteiger partial charge in [0.1, 0.15) is 11.4 Å². The quantitative estimate of drug-likeness (QED) is 0.105. The lowest BCUT2D eigenvalue weighted by Gasteiger charge is -2.37. The van der Waals surface area contributed by atoms with Gasteiger partial charge in [-0.3, -0.25) is 5.32 Å². The van der Waals surface area contributed by atoms with Gasteiger partial charge >= 0.3 is 12.2 Å². The molecule has 0 aliphatic rings. The molecule has 2 rings (SSSR count). The van der Waals surface area contributed by atoms with E-state index in [2.05, 4.69) is 44.2 Å². The first kappa shape index (κ1) is 34.5. The molecule has 0 saturated heterocycles. The van der Waals surface area contributed by atoms with Crippen LogP contribution in [0.25, 0.3) is 0 Å². The Labute approximate surface area is 250 Å². The zero-order valence-corrected chi connectivity index (χ0v) is 27.0. The van der Waals surface area contributed by atoms with E-state index in [1.54, 1.807) is 45.1 Å². The first-order chi connectivity index (χ1) is 19.5. The third-order valence-corrected chi connectivity index (χ3v) is 11.4. The summed E-state index contributed by atoms with van der Waals surface area (Å²) < 4.78 is 23.2. The number of amides is 2. The van der Waals surface area contributed by atoms with E-state index < -0.39 is 32.2 Å². The number of carbonyl (C=O) groups is 2. The Kier molecular flexibility index (Phi) is 12.3. The molecule has 1 atom stereocenters. The van der Waals surface area contributed by atoms with Crippen LogP contribution in [0, 0.1) is 0 Å². The van der Waals surface area contributed by atoms with Crippen LogP contribution >= 0.6 is 0 Å². The number of aryl methyl sites for hydroxylation is 1. The maximum absolute atomic E-state index is 12.2. The van der Waals surface area contributed by atoms with Crippen molar-refractivity contribution in [2.75, 3.05) is 18.5 Å². The van der Waals surface area contributed by atoms with E-state index in [0.717, 1.165) is 12.0 Å². The summed E-state index contributed by atoms with van der Waals surface area (Å²) in [6.07, 6.45) is 1.41. The summed E-state index contributed by atoms with van der Waals surface area (Å²) in [5.41, 5.74) is 7.25. The second kappa shape index (κ2) is 15.0. The Balaban J connectivity index is 2.06. The van der Waals surface area contributed by atoms with Crippen LogP contribution in [-0.2, 0) is 25.1 Å². The molecule has 0 bridgehead atoms. The van der Waals surface area contributed by atoms with E-state index in [9.17, 15) is 14.4 Å². The van der Waals surface area contributed by atoms with Crippen LogP contribution in [0.5, 0.6) is 5.75 Å². The van der Waals surface area contributed by atoms with Crippen molar-refractivity contribution in [1.29, 1.82) is 0 Å². The zero-order valence-electron chi connectivity index (χ0n) is 26.0. The maximum atomic E-state index is 12.2. The summed E-state index contributed by atoms with van der Waals surface area (Å²) in [4.78, 5) is 38.6. The molecule has 0 aromatic heterocycles. The molecule has 0 aliphatic carbocycles. The van der Waals surface area contributed by atoms with Crippen LogP contribution < -0.4 is 15.8 Å². The topological polar surface area (TPSA) is 139 Å². The highest BCUT2D eigenvalue weighted by molar-refractivity contribution is 6.74. The van der Waals surface area contributed by atoms with E-state index >= 15 is 0 Å². The van der Waals surface area contributed by atoms with Crippen molar-refractivity contribution >= 4 is 38.0 Å². The van der Waals surface area contributed by atoms with Gasteiger partial charge < -0.3 is 24.4 Å². The summed E-state index contributed by atoms with van der Waals surface area (Å²) >= 11 is 0. The Morgan fingerprint density at radius 2 is 1.74 bits per heavy atom. The van der Waals surface area contributed by atoms with Crippen LogP contribution in [-0.4, -0.2) is 45.4 Å². The summed E-state index contributed by atoms with van der Waals surface area (Å²) in [5.74, 6) is 0.581. The predicted octanol–water partition coefficient (Wildman–Crippen LogP) is 7.56. The lowest BCUT2D eigenvalue weighted by Crippen LogP contribution is -2.42. The minimum Gasteiger partial charge on any atom is -0.493 e. The molecule has 1 unspecified atom stereocenters. The van der Waals surface area contributed by atoms with Gasteiger partial charge in [0.15, 0.2) is 14.4 Å². The number of ether oxygens (including phenoxy) is 3. The molecule has 0 heterocycles. The number of nitrogens with zero attached hydrogens (tertiary/aromatic N) is 1. The van der Waals surface area contributed by atoms with Crippen LogP contribution in [0.15, 0.2) is 47.5 Å². The van der Waals surface area contributed by atoms with Crippen molar-refractivity contribution < 1.29 is 33.0 Å². The van der Waals surface area contributed by atoms with E-state index in [4.69, 9.17) is 24.4 Å². The van der Waals surface area contributed by atoms with E-state index in [0.29, 0.717) is 42.1 Å². The van der Waals surface area contributed by atoms with Gasteiger partial charge in [0.25, 0.3) is 0 Å². The van der Waals surface area contributed by atoms with Crippen molar-refractivity contribution in [3.63, 3.8) is 0 Å². The number of nitrogens with one attached hydrogen (secondary N) is 1. The molecule has 2 aromatic rings. The molecule has 0 spiro atoms. The third kappa shape index (κ3) is 11.3. The standard InChI is InChI=1S/C31H45N3O7Si/c1-30(2,3)41-29(37)34-23-16-17-25(33-21-35)22(19-23)13-11-12-18-38-26-15-10-9-14-24(26)27(40-28(32)36)20-39-42(7,8)31(4,5)6/h9-10,14-17,19,27H,11-13,18,20H2,1-8H3,(H2,32,36)(H,34,37). The number of aliphatic imine (C=N–C) groups is 1. The number of nitrogens with two attached hydrogens (primary N) is 1. The number of hydrogen-bond acceptors (Lipinski definition) is 8. The van der Waals surface area contributed by atoms with Gasteiger partial charge in [-0.1, -0.05) is 39.0 Å². The number of rotatable bonds is 13. The van der Waals surface area contributed by atoms with E-state index in [1.165, 1.54) is 0 Å². The largest absolute Gasteiger partial charge is 0.493 e. The molecule has 230 valence electrons. The van der Waals surface area contributed by atoms with Crippen molar-refractivity contribution in [2.45, 2.75) is 90.6 Å². The minimum atomic E-state index is -2.11. The fourth-order valence-corrected chi connectivity index (χ4v) is 4.75. The van der Waals surface area contributed by atoms with Gasteiger partial charge in [-0.15, -0.1) is 0 Å². The normalized spacial score (nSPS) is 12.6. The molecule has 10 nitrogen and oxygen atoms in total. The molecule has 0 saturated carbocycles. The van der Waals surface area contributed by atoms with Gasteiger partial charge in [-0.25, -0.2) is 14.4 Å². The second-order valence-corrected chi connectivity index (χ2v) is 17.3. The number of carbonyl (C=O) groups excluding carboxylic acids is 3. The summed E-state index contributed by atoms with van der Waals surface area (Å²) in [6.45, 7) is 16.6. The molecule has 11 heteroatoms. The van der Waals surface area contributed by atoms with Crippen molar-refractivity contribution in [3.8, 4) is 5.75 Å². The number of hydrogen-bond donors (Lipinski definition) is 2. The molecular weight excluding hydrogens is 554 g/mol. The van der Waals surface area contributed by atoms with Crippen molar-refractivity contribution in [1.82, 2.24) is 0 Å². The van der Waals surface area contributed by atoms with Gasteiger partial charge in [-0.2, -0.15) is 4.99 Å². The monoisotopic (exact) mass is 599 g/mol. The Morgan fingerprint density at radius 3 is 2.36 bits per heavy atom. The minimum absolute atomic E-state index is 0.0114. The lowest BCUT2D eigenvalue weighted by molar-refractivity contribution is 0.0633.